The Morgan fingerprint density at radius 2 is 1.63 bits per heavy atom. The van der Waals surface area contributed by atoms with Gasteiger partial charge in [0.05, 0.1) is 11.3 Å². The molecular weight excluding hydrogens is 372 g/mol. The average molecular weight is 390 g/mol. The minimum Gasteiger partial charge on any atom is -0.325 e. The summed E-state index contributed by atoms with van der Waals surface area (Å²) in [5.41, 5.74) is 1.73. The highest BCUT2D eigenvalue weighted by atomic mass is 32.2. The number of Topliss-reactive ketones (excluding diaryl/α,β-unsaturated/α-hetero) is 1. The van der Waals surface area contributed by atoms with Gasteiger partial charge in [0.25, 0.3) is 16.0 Å². The molecule has 9 heteroatoms. The molecule has 3 N–H and O–H groups in total. The van der Waals surface area contributed by atoms with Gasteiger partial charge in [0.1, 0.15) is 5.78 Å². The number of aryl methyl sites for hydroxylation is 1. The Morgan fingerprint density at radius 1 is 1.00 bits per heavy atom. The molecule has 0 aliphatic heterocycles. The van der Waals surface area contributed by atoms with Crippen LogP contribution in [0.25, 0.3) is 0 Å². The van der Waals surface area contributed by atoms with Gasteiger partial charge in [0, 0.05) is 16.9 Å². The lowest BCUT2D eigenvalue weighted by Gasteiger charge is -2.11. The van der Waals surface area contributed by atoms with E-state index in [-0.39, 0.29) is 22.7 Å². The molecule has 0 aliphatic rings. The first kappa shape index (κ1) is 20.3. The van der Waals surface area contributed by atoms with E-state index in [1.807, 2.05) is 0 Å². The molecule has 0 heterocycles. The summed E-state index contributed by atoms with van der Waals surface area (Å²) >= 11 is 0. The zero-order chi connectivity index (χ0) is 20.2. The lowest BCUT2D eigenvalue weighted by atomic mass is 10.1. The number of carbonyl (C=O) groups is 3. The molecule has 0 radical (unpaired) electrons. The minimum atomic E-state index is -4.31. The van der Waals surface area contributed by atoms with Gasteiger partial charge in [-0.25, -0.2) is 0 Å². The Morgan fingerprint density at radius 3 is 2.19 bits per heavy atom. The third-order valence-corrected chi connectivity index (χ3v) is 4.46. The number of rotatable bonds is 6. The molecule has 0 aliphatic carbocycles. The van der Waals surface area contributed by atoms with Crippen LogP contribution in [-0.4, -0.2) is 30.6 Å². The fourth-order valence-corrected chi connectivity index (χ4v) is 2.71. The smallest absolute Gasteiger partial charge is 0.294 e. The lowest BCUT2D eigenvalue weighted by Crippen LogP contribution is -2.17. The third kappa shape index (κ3) is 5.73. The molecular formula is C18H18N2O6S. The van der Waals surface area contributed by atoms with Crippen molar-refractivity contribution in [3.8, 4) is 0 Å². The first-order chi connectivity index (χ1) is 12.6. The highest BCUT2D eigenvalue weighted by molar-refractivity contribution is 7.85. The molecule has 0 fully saturated rings. The van der Waals surface area contributed by atoms with Gasteiger partial charge in [-0.3, -0.25) is 18.9 Å². The van der Waals surface area contributed by atoms with Crippen molar-refractivity contribution in [3.05, 3.63) is 53.6 Å². The number of ketones is 1. The van der Waals surface area contributed by atoms with Crippen molar-refractivity contribution >= 4 is 39.1 Å². The molecule has 2 amide bonds. The lowest BCUT2D eigenvalue weighted by molar-refractivity contribution is -0.124. The molecule has 0 aromatic heterocycles. The van der Waals surface area contributed by atoms with Crippen LogP contribution in [-0.2, 0) is 19.7 Å². The zero-order valence-corrected chi connectivity index (χ0v) is 15.5. The van der Waals surface area contributed by atoms with Crippen LogP contribution in [0.4, 0.5) is 11.4 Å². The van der Waals surface area contributed by atoms with E-state index in [9.17, 15) is 22.8 Å². The fourth-order valence-electron chi connectivity index (χ4n) is 2.23. The Hall–Kier alpha value is -3.04. The molecule has 0 saturated heterocycles. The van der Waals surface area contributed by atoms with E-state index >= 15 is 0 Å². The minimum absolute atomic E-state index is 0.254. The summed E-state index contributed by atoms with van der Waals surface area (Å²) in [5, 5.41) is 5.18. The molecule has 27 heavy (non-hydrogen) atoms. The van der Waals surface area contributed by atoms with Crippen LogP contribution in [0.1, 0.15) is 29.3 Å². The van der Waals surface area contributed by atoms with Gasteiger partial charge in [-0.05, 0) is 55.8 Å². The maximum atomic E-state index is 12.4. The van der Waals surface area contributed by atoms with Crippen molar-refractivity contribution in [1.29, 1.82) is 0 Å². The maximum Gasteiger partial charge on any atom is 0.294 e. The second-order valence-corrected chi connectivity index (χ2v) is 7.33. The van der Waals surface area contributed by atoms with Crippen molar-refractivity contribution in [2.75, 3.05) is 10.6 Å². The summed E-state index contributed by atoms with van der Waals surface area (Å²) in [5.74, 6) is -1.21. The second kappa shape index (κ2) is 8.11. The Bertz CT molecular complexity index is 997. The summed E-state index contributed by atoms with van der Waals surface area (Å²) < 4.78 is 31.0. The summed E-state index contributed by atoms with van der Waals surface area (Å²) in [7, 11) is -4.31. The van der Waals surface area contributed by atoms with Crippen molar-refractivity contribution in [2.45, 2.75) is 25.2 Å². The normalized spacial score (nSPS) is 10.9. The van der Waals surface area contributed by atoms with Gasteiger partial charge >= 0.3 is 0 Å². The molecule has 0 saturated carbocycles. The van der Waals surface area contributed by atoms with Crippen LogP contribution in [0.15, 0.2) is 47.4 Å². The predicted octanol–water partition coefficient (Wildman–Crippen LogP) is 2.41. The van der Waals surface area contributed by atoms with Crippen LogP contribution in [0.2, 0.25) is 0 Å². The van der Waals surface area contributed by atoms with E-state index in [1.54, 1.807) is 19.1 Å². The van der Waals surface area contributed by atoms with E-state index in [2.05, 4.69) is 10.6 Å². The van der Waals surface area contributed by atoms with Crippen molar-refractivity contribution in [3.63, 3.8) is 0 Å². The molecule has 8 nitrogen and oxygen atoms in total. The third-order valence-electron chi connectivity index (χ3n) is 3.59. The van der Waals surface area contributed by atoms with E-state index in [0.717, 1.165) is 17.7 Å². The number of hydrogen-bond acceptors (Lipinski definition) is 5. The Labute approximate surface area is 156 Å². The topological polar surface area (TPSA) is 130 Å². The molecule has 142 valence electrons. The van der Waals surface area contributed by atoms with E-state index in [0.29, 0.717) is 11.4 Å². The standard InChI is InChI=1S/C18H18N2O6S/c1-11-3-4-13(10-16(11)20-17(22)9-12(2)21)18(23)19-14-5-7-15(8-6-14)27(24,25)26/h3-8,10H,9H2,1-2H3,(H,19,23)(H,20,22)(H,24,25,26). The largest absolute Gasteiger partial charge is 0.325 e. The molecule has 0 unspecified atom stereocenters. The van der Waals surface area contributed by atoms with Gasteiger partial charge in [-0.2, -0.15) is 8.42 Å². The van der Waals surface area contributed by atoms with Crippen LogP contribution >= 0.6 is 0 Å². The molecule has 0 bridgehead atoms. The monoisotopic (exact) mass is 390 g/mol. The Balaban J connectivity index is 2.15. The van der Waals surface area contributed by atoms with Crippen molar-refractivity contribution < 1.29 is 27.4 Å². The predicted molar refractivity (Wildman–Crippen MR) is 99.3 cm³/mol. The van der Waals surface area contributed by atoms with Gasteiger partial charge < -0.3 is 10.6 Å². The summed E-state index contributed by atoms with van der Waals surface area (Å²) in [6.45, 7) is 3.06. The summed E-state index contributed by atoms with van der Waals surface area (Å²) in [6.07, 6.45) is -0.254. The summed E-state index contributed by atoms with van der Waals surface area (Å²) in [6, 6.07) is 9.70. The van der Waals surface area contributed by atoms with E-state index in [1.165, 1.54) is 25.1 Å². The summed E-state index contributed by atoms with van der Waals surface area (Å²) in [4.78, 5) is 34.9. The second-order valence-electron chi connectivity index (χ2n) is 5.91. The highest BCUT2D eigenvalue weighted by Crippen LogP contribution is 2.19. The molecule has 2 aromatic carbocycles. The van der Waals surface area contributed by atoms with E-state index < -0.39 is 21.9 Å². The van der Waals surface area contributed by atoms with Crippen molar-refractivity contribution in [2.24, 2.45) is 0 Å². The molecule has 2 rings (SSSR count). The zero-order valence-electron chi connectivity index (χ0n) is 14.6. The molecule has 0 spiro atoms. The quantitative estimate of drug-likeness (QED) is 0.513. The van der Waals surface area contributed by atoms with Gasteiger partial charge in [0.15, 0.2) is 0 Å². The number of carbonyl (C=O) groups excluding carboxylic acids is 3. The SMILES string of the molecule is CC(=O)CC(=O)Nc1cc(C(=O)Nc2ccc(S(=O)(=O)O)cc2)ccc1C. The number of anilines is 2. The fraction of sp³-hybridized carbons (Fsp3) is 0.167. The molecule has 0 atom stereocenters. The number of hydrogen-bond donors (Lipinski definition) is 3. The Kier molecular flexibility index (Phi) is 6.09. The van der Waals surface area contributed by atoms with Crippen LogP contribution in [0.3, 0.4) is 0 Å². The highest BCUT2D eigenvalue weighted by Gasteiger charge is 2.13. The van der Waals surface area contributed by atoms with Crippen molar-refractivity contribution in [1.82, 2.24) is 0 Å². The number of benzene rings is 2. The molecule has 2 aromatic rings. The van der Waals surface area contributed by atoms with Crippen LogP contribution in [0, 0.1) is 6.92 Å². The maximum absolute atomic E-state index is 12.4. The van der Waals surface area contributed by atoms with Crippen LogP contribution < -0.4 is 10.6 Å². The van der Waals surface area contributed by atoms with Crippen LogP contribution in [0.5, 0.6) is 0 Å². The van der Waals surface area contributed by atoms with Gasteiger partial charge in [0.2, 0.25) is 5.91 Å². The first-order valence-corrected chi connectivity index (χ1v) is 9.29. The van der Waals surface area contributed by atoms with Gasteiger partial charge in [-0.1, -0.05) is 6.07 Å². The number of amides is 2. The number of nitrogens with one attached hydrogen (secondary N) is 2. The van der Waals surface area contributed by atoms with E-state index in [4.69, 9.17) is 4.55 Å². The van der Waals surface area contributed by atoms with Gasteiger partial charge in [-0.15, -0.1) is 0 Å². The average Bonchev–Trinajstić information content (AvgIpc) is 2.55. The first-order valence-electron chi connectivity index (χ1n) is 7.85.